The molecule has 1 aliphatic rings. The van der Waals surface area contributed by atoms with Gasteiger partial charge in [0.2, 0.25) is 0 Å². The minimum atomic E-state index is 0.585. The lowest BCUT2D eigenvalue weighted by molar-refractivity contribution is 0.301. The molecule has 0 saturated carbocycles. The molecule has 0 aliphatic heterocycles. The summed E-state index contributed by atoms with van der Waals surface area (Å²) in [6.45, 7) is 9.14. The van der Waals surface area contributed by atoms with Gasteiger partial charge in [0.25, 0.3) is 0 Å². The number of allylic oxidation sites excluding steroid dienone is 4. The van der Waals surface area contributed by atoms with Crippen molar-refractivity contribution < 1.29 is 0 Å². The van der Waals surface area contributed by atoms with Crippen molar-refractivity contribution in [3.63, 3.8) is 0 Å². The molecule has 0 aromatic carbocycles. The fourth-order valence-corrected chi connectivity index (χ4v) is 2.31. The van der Waals surface area contributed by atoms with Crippen LogP contribution in [0.4, 0.5) is 0 Å². The summed E-state index contributed by atoms with van der Waals surface area (Å²) in [6, 6.07) is 1.24. The number of hydrogen-bond donors (Lipinski definition) is 1. The Hall–Kier alpha value is -0.560. The van der Waals surface area contributed by atoms with Gasteiger partial charge in [0.05, 0.1) is 0 Å². The van der Waals surface area contributed by atoms with Crippen molar-refractivity contribution in [3.8, 4) is 0 Å². The van der Waals surface area contributed by atoms with Gasteiger partial charge in [-0.2, -0.15) is 0 Å². The zero-order chi connectivity index (χ0) is 12.0. The molecule has 1 heteroatoms. The van der Waals surface area contributed by atoms with Crippen LogP contribution in [0.3, 0.4) is 0 Å². The van der Waals surface area contributed by atoms with Gasteiger partial charge in [-0.25, -0.2) is 0 Å². The van der Waals surface area contributed by atoms with Crippen LogP contribution in [0, 0.1) is 11.8 Å². The third-order valence-corrected chi connectivity index (χ3v) is 3.50. The molecule has 0 fully saturated rings. The van der Waals surface area contributed by atoms with E-state index in [9.17, 15) is 0 Å². The van der Waals surface area contributed by atoms with E-state index < -0.39 is 0 Å². The van der Waals surface area contributed by atoms with Crippen molar-refractivity contribution in [1.82, 2.24) is 5.32 Å². The van der Waals surface area contributed by atoms with Crippen LogP contribution < -0.4 is 5.32 Å². The molecular weight excluding hydrogens is 194 g/mol. The number of hydrogen-bond acceptors (Lipinski definition) is 1. The summed E-state index contributed by atoms with van der Waals surface area (Å²) in [4.78, 5) is 0. The lowest BCUT2D eigenvalue weighted by atomic mass is 9.86. The highest BCUT2D eigenvalue weighted by Gasteiger charge is 2.20. The van der Waals surface area contributed by atoms with Crippen LogP contribution in [-0.2, 0) is 0 Å². The molecule has 1 aliphatic carbocycles. The van der Waals surface area contributed by atoms with E-state index in [2.05, 4.69) is 57.3 Å². The Labute approximate surface area is 101 Å². The van der Waals surface area contributed by atoms with E-state index in [1.165, 1.54) is 19.3 Å². The zero-order valence-corrected chi connectivity index (χ0v) is 11.2. The first-order chi connectivity index (χ1) is 7.63. The normalized spacial score (nSPS) is 23.7. The second-order valence-corrected chi connectivity index (χ2v) is 5.36. The Kier molecular flexibility index (Phi) is 5.83. The van der Waals surface area contributed by atoms with Gasteiger partial charge in [-0.15, -0.1) is 0 Å². The third kappa shape index (κ3) is 4.52. The first-order valence-electron chi connectivity index (χ1n) is 6.72. The molecule has 0 aromatic heterocycles. The predicted molar refractivity (Wildman–Crippen MR) is 72.5 cm³/mol. The SMILES string of the molecule is CCC(C)C(CC1C=CC=CC1)NC(C)C. The van der Waals surface area contributed by atoms with Crippen molar-refractivity contribution in [1.29, 1.82) is 0 Å². The van der Waals surface area contributed by atoms with Crippen molar-refractivity contribution in [3.05, 3.63) is 24.3 Å². The standard InChI is InChI=1S/C15H27N/c1-5-13(4)15(16-12(2)3)11-14-9-7-6-8-10-14/h6-9,12-16H,5,10-11H2,1-4H3. The first kappa shape index (κ1) is 13.5. The summed E-state index contributed by atoms with van der Waals surface area (Å²) in [6.07, 6.45) is 12.7. The van der Waals surface area contributed by atoms with E-state index >= 15 is 0 Å². The molecular formula is C15H27N. The molecule has 3 atom stereocenters. The van der Waals surface area contributed by atoms with Crippen molar-refractivity contribution >= 4 is 0 Å². The van der Waals surface area contributed by atoms with E-state index in [1.54, 1.807) is 0 Å². The predicted octanol–water partition coefficient (Wildman–Crippen LogP) is 3.92. The first-order valence-corrected chi connectivity index (χ1v) is 6.72. The van der Waals surface area contributed by atoms with Gasteiger partial charge in [-0.05, 0) is 24.7 Å². The van der Waals surface area contributed by atoms with Gasteiger partial charge < -0.3 is 5.32 Å². The van der Waals surface area contributed by atoms with Gasteiger partial charge in [0.15, 0.2) is 0 Å². The molecule has 16 heavy (non-hydrogen) atoms. The van der Waals surface area contributed by atoms with Gasteiger partial charge in [0.1, 0.15) is 0 Å². The quantitative estimate of drug-likeness (QED) is 0.717. The smallest absolute Gasteiger partial charge is 0.0101 e. The average Bonchev–Trinajstić information content (AvgIpc) is 2.28. The fraction of sp³-hybridized carbons (Fsp3) is 0.733. The van der Waals surface area contributed by atoms with Crippen LogP contribution >= 0.6 is 0 Å². The molecule has 0 bridgehead atoms. The highest BCUT2D eigenvalue weighted by Crippen LogP contribution is 2.22. The monoisotopic (exact) mass is 221 g/mol. The second-order valence-electron chi connectivity index (χ2n) is 5.36. The van der Waals surface area contributed by atoms with Gasteiger partial charge in [-0.3, -0.25) is 0 Å². The summed E-state index contributed by atoms with van der Waals surface area (Å²) < 4.78 is 0. The summed E-state index contributed by atoms with van der Waals surface area (Å²) >= 11 is 0. The molecule has 0 amide bonds. The molecule has 1 rings (SSSR count). The fourth-order valence-electron chi connectivity index (χ4n) is 2.31. The molecule has 0 radical (unpaired) electrons. The largest absolute Gasteiger partial charge is 0.311 e. The summed E-state index contributed by atoms with van der Waals surface area (Å²) in [5.74, 6) is 1.50. The highest BCUT2D eigenvalue weighted by molar-refractivity contribution is 5.11. The molecule has 0 heterocycles. The van der Waals surface area contributed by atoms with E-state index in [0.29, 0.717) is 12.1 Å². The highest BCUT2D eigenvalue weighted by atomic mass is 14.9. The maximum absolute atomic E-state index is 3.72. The molecule has 0 saturated heterocycles. The Morgan fingerprint density at radius 3 is 2.50 bits per heavy atom. The maximum atomic E-state index is 3.72. The minimum absolute atomic E-state index is 0.585. The average molecular weight is 221 g/mol. The minimum Gasteiger partial charge on any atom is -0.311 e. The van der Waals surface area contributed by atoms with Crippen molar-refractivity contribution in [2.75, 3.05) is 0 Å². The van der Waals surface area contributed by atoms with Gasteiger partial charge in [-0.1, -0.05) is 58.4 Å². The van der Waals surface area contributed by atoms with E-state index in [0.717, 1.165) is 11.8 Å². The molecule has 1 N–H and O–H groups in total. The Morgan fingerprint density at radius 2 is 2.00 bits per heavy atom. The van der Waals surface area contributed by atoms with E-state index in [4.69, 9.17) is 0 Å². The lowest BCUT2D eigenvalue weighted by Crippen LogP contribution is -2.40. The summed E-state index contributed by atoms with van der Waals surface area (Å²) in [5, 5.41) is 3.72. The lowest BCUT2D eigenvalue weighted by Gasteiger charge is -2.29. The van der Waals surface area contributed by atoms with Crippen LogP contribution in [-0.4, -0.2) is 12.1 Å². The molecule has 0 aromatic rings. The molecule has 3 unspecified atom stereocenters. The Bertz CT molecular complexity index is 240. The second kappa shape index (κ2) is 6.90. The van der Waals surface area contributed by atoms with Crippen LogP contribution in [0.15, 0.2) is 24.3 Å². The molecule has 0 spiro atoms. The van der Waals surface area contributed by atoms with Crippen LogP contribution in [0.25, 0.3) is 0 Å². The van der Waals surface area contributed by atoms with Crippen LogP contribution in [0.2, 0.25) is 0 Å². The molecule has 1 nitrogen and oxygen atoms in total. The molecule has 92 valence electrons. The Balaban J connectivity index is 2.48. The summed E-state index contributed by atoms with van der Waals surface area (Å²) in [5.41, 5.74) is 0. The zero-order valence-electron chi connectivity index (χ0n) is 11.2. The van der Waals surface area contributed by atoms with E-state index in [-0.39, 0.29) is 0 Å². The van der Waals surface area contributed by atoms with Crippen LogP contribution in [0.5, 0.6) is 0 Å². The number of nitrogens with one attached hydrogen (secondary N) is 1. The topological polar surface area (TPSA) is 12.0 Å². The van der Waals surface area contributed by atoms with Crippen LogP contribution in [0.1, 0.15) is 47.0 Å². The third-order valence-electron chi connectivity index (χ3n) is 3.50. The number of rotatable bonds is 6. The van der Waals surface area contributed by atoms with Crippen molar-refractivity contribution in [2.24, 2.45) is 11.8 Å². The van der Waals surface area contributed by atoms with E-state index in [1.807, 2.05) is 0 Å². The Morgan fingerprint density at radius 1 is 1.25 bits per heavy atom. The van der Waals surface area contributed by atoms with Gasteiger partial charge in [0, 0.05) is 12.1 Å². The van der Waals surface area contributed by atoms with Gasteiger partial charge >= 0.3 is 0 Å². The van der Waals surface area contributed by atoms with Crippen molar-refractivity contribution in [2.45, 2.75) is 59.0 Å². The summed E-state index contributed by atoms with van der Waals surface area (Å²) in [7, 11) is 0. The maximum Gasteiger partial charge on any atom is 0.0101 e.